The van der Waals surface area contributed by atoms with Crippen LogP contribution in [0.3, 0.4) is 0 Å². The largest absolute Gasteiger partial charge is 0.487 e. The Morgan fingerprint density at radius 1 is 1.27 bits per heavy atom. The summed E-state index contributed by atoms with van der Waals surface area (Å²) >= 11 is 6.17. The molecule has 2 aromatic rings. The molecule has 0 amide bonds. The molecule has 2 nitrogen and oxygen atoms in total. The van der Waals surface area contributed by atoms with Gasteiger partial charge in [0.05, 0.1) is 0 Å². The second-order valence-electron chi connectivity index (χ2n) is 6.31. The van der Waals surface area contributed by atoms with E-state index in [1.807, 2.05) is 32.9 Å². The fourth-order valence-corrected chi connectivity index (χ4v) is 2.99. The maximum atomic E-state index is 13.8. The van der Waals surface area contributed by atoms with Crippen LogP contribution in [0.5, 0.6) is 11.5 Å². The van der Waals surface area contributed by atoms with Crippen LogP contribution in [0.2, 0.25) is 5.02 Å². The first-order valence-corrected chi connectivity index (χ1v) is 7.61. The van der Waals surface area contributed by atoms with Crippen LogP contribution in [0.25, 0.3) is 0 Å². The number of ether oxygens (including phenoxy) is 2. The van der Waals surface area contributed by atoms with Gasteiger partial charge >= 0.3 is 0 Å². The molecule has 0 saturated carbocycles. The monoisotopic (exact) mass is 320 g/mol. The van der Waals surface area contributed by atoms with Gasteiger partial charge in [-0.05, 0) is 56.2 Å². The number of benzene rings is 2. The molecule has 0 unspecified atom stereocenters. The van der Waals surface area contributed by atoms with Crippen molar-refractivity contribution in [3.05, 3.63) is 57.9 Å². The molecule has 0 spiro atoms. The molecule has 116 valence electrons. The highest BCUT2D eigenvalue weighted by Crippen LogP contribution is 2.40. The quantitative estimate of drug-likeness (QED) is 0.785. The SMILES string of the molecule is Cc1ccc(F)c(OCc2cc(Cl)cc3c2OC(C)(C)C3)c1. The Balaban J connectivity index is 1.86. The van der Waals surface area contributed by atoms with Gasteiger partial charge in [-0.2, -0.15) is 0 Å². The molecule has 0 bridgehead atoms. The molecule has 0 N–H and O–H groups in total. The van der Waals surface area contributed by atoms with Crippen LogP contribution < -0.4 is 9.47 Å². The van der Waals surface area contributed by atoms with Gasteiger partial charge in [-0.15, -0.1) is 0 Å². The van der Waals surface area contributed by atoms with Crippen molar-refractivity contribution in [2.45, 2.75) is 39.4 Å². The summed E-state index contributed by atoms with van der Waals surface area (Å²) < 4.78 is 25.4. The molecule has 0 atom stereocenters. The smallest absolute Gasteiger partial charge is 0.165 e. The number of hydrogen-bond donors (Lipinski definition) is 0. The van der Waals surface area contributed by atoms with E-state index in [1.54, 1.807) is 12.1 Å². The molecule has 1 aliphatic rings. The minimum absolute atomic E-state index is 0.222. The van der Waals surface area contributed by atoms with Crippen LogP contribution >= 0.6 is 11.6 Å². The van der Waals surface area contributed by atoms with Gasteiger partial charge in [0.2, 0.25) is 0 Å². The van der Waals surface area contributed by atoms with E-state index in [9.17, 15) is 4.39 Å². The summed E-state index contributed by atoms with van der Waals surface area (Å²) in [4.78, 5) is 0. The standard InChI is InChI=1S/C18H18ClFO2/c1-11-4-5-15(20)16(6-11)21-10-13-8-14(19)7-12-9-18(2,3)22-17(12)13/h4-8H,9-10H2,1-3H3. The number of rotatable bonds is 3. The summed E-state index contributed by atoms with van der Waals surface area (Å²) in [5, 5.41) is 0.642. The van der Waals surface area contributed by atoms with Crippen molar-refractivity contribution in [3.8, 4) is 11.5 Å². The molecule has 0 aromatic heterocycles. The molecule has 3 rings (SSSR count). The maximum absolute atomic E-state index is 13.8. The van der Waals surface area contributed by atoms with Crippen molar-refractivity contribution >= 4 is 11.6 Å². The predicted molar refractivity (Wildman–Crippen MR) is 85.3 cm³/mol. The molecule has 0 aliphatic carbocycles. The zero-order valence-corrected chi connectivity index (χ0v) is 13.6. The lowest BCUT2D eigenvalue weighted by Crippen LogP contribution is -2.25. The van der Waals surface area contributed by atoms with Crippen molar-refractivity contribution in [2.24, 2.45) is 0 Å². The van der Waals surface area contributed by atoms with Gasteiger partial charge in [-0.25, -0.2) is 4.39 Å². The van der Waals surface area contributed by atoms with Gasteiger partial charge in [0.25, 0.3) is 0 Å². The van der Waals surface area contributed by atoms with E-state index in [0.29, 0.717) is 5.02 Å². The zero-order chi connectivity index (χ0) is 15.9. The summed E-state index contributed by atoms with van der Waals surface area (Å²) in [6.07, 6.45) is 0.800. The molecule has 0 radical (unpaired) electrons. The Labute approximate surface area is 134 Å². The van der Waals surface area contributed by atoms with Crippen LogP contribution in [0.4, 0.5) is 4.39 Å². The third-order valence-corrected chi connectivity index (χ3v) is 3.89. The Hall–Kier alpha value is -1.74. The molecule has 0 fully saturated rings. The van der Waals surface area contributed by atoms with Crippen molar-refractivity contribution in [3.63, 3.8) is 0 Å². The molecule has 2 aromatic carbocycles. The lowest BCUT2D eigenvalue weighted by molar-refractivity contribution is 0.135. The minimum atomic E-state index is -0.370. The average Bonchev–Trinajstić information content (AvgIpc) is 2.73. The van der Waals surface area contributed by atoms with Gasteiger partial charge < -0.3 is 9.47 Å². The van der Waals surface area contributed by atoms with Crippen LogP contribution in [-0.4, -0.2) is 5.60 Å². The van der Waals surface area contributed by atoms with Crippen LogP contribution in [-0.2, 0) is 13.0 Å². The van der Waals surface area contributed by atoms with Gasteiger partial charge in [-0.3, -0.25) is 0 Å². The fourth-order valence-electron chi connectivity index (χ4n) is 2.73. The molecule has 22 heavy (non-hydrogen) atoms. The lowest BCUT2D eigenvalue weighted by atomic mass is 10.0. The highest BCUT2D eigenvalue weighted by Gasteiger charge is 2.32. The topological polar surface area (TPSA) is 18.5 Å². The molecule has 0 saturated heterocycles. The van der Waals surface area contributed by atoms with Gasteiger partial charge in [0.1, 0.15) is 18.0 Å². The lowest BCUT2D eigenvalue weighted by Gasteiger charge is -2.18. The molecular formula is C18H18ClFO2. The van der Waals surface area contributed by atoms with E-state index in [-0.39, 0.29) is 23.8 Å². The molecule has 4 heteroatoms. The Kier molecular flexibility index (Phi) is 3.77. The van der Waals surface area contributed by atoms with Crippen LogP contribution in [0.15, 0.2) is 30.3 Å². The molecular weight excluding hydrogens is 303 g/mol. The van der Waals surface area contributed by atoms with Gasteiger partial charge in [0, 0.05) is 17.0 Å². The highest BCUT2D eigenvalue weighted by molar-refractivity contribution is 6.30. The fraction of sp³-hybridized carbons (Fsp3) is 0.333. The second-order valence-corrected chi connectivity index (χ2v) is 6.75. The van der Waals surface area contributed by atoms with Crippen LogP contribution in [0.1, 0.15) is 30.5 Å². The average molecular weight is 321 g/mol. The summed E-state index contributed by atoms with van der Waals surface area (Å²) in [6, 6.07) is 8.54. The maximum Gasteiger partial charge on any atom is 0.165 e. The predicted octanol–water partition coefficient (Wildman–Crippen LogP) is 5.08. The van der Waals surface area contributed by atoms with Gasteiger partial charge in [-0.1, -0.05) is 17.7 Å². The first kappa shape index (κ1) is 15.2. The number of hydrogen-bond acceptors (Lipinski definition) is 2. The van der Waals surface area contributed by atoms with Crippen molar-refractivity contribution in [2.75, 3.05) is 0 Å². The normalized spacial score (nSPS) is 15.3. The van der Waals surface area contributed by atoms with Crippen molar-refractivity contribution < 1.29 is 13.9 Å². The molecule has 1 aliphatic heterocycles. The Morgan fingerprint density at radius 2 is 2.05 bits per heavy atom. The summed E-state index contributed by atoms with van der Waals surface area (Å²) in [5.74, 6) is 0.680. The first-order valence-electron chi connectivity index (χ1n) is 7.23. The van der Waals surface area contributed by atoms with E-state index in [0.717, 1.165) is 28.9 Å². The van der Waals surface area contributed by atoms with Crippen molar-refractivity contribution in [1.82, 2.24) is 0 Å². The third kappa shape index (κ3) is 3.05. The number of halogens is 2. The van der Waals surface area contributed by atoms with E-state index in [4.69, 9.17) is 21.1 Å². The van der Waals surface area contributed by atoms with Crippen LogP contribution in [0, 0.1) is 12.7 Å². The highest BCUT2D eigenvalue weighted by atomic mass is 35.5. The summed E-state index contributed by atoms with van der Waals surface area (Å²) in [7, 11) is 0. The van der Waals surface area contributed by atoms with Crippen molar-refractivity contribution in [1.29, 1.82) is 0 Å². The number of aryl methyl sites for hydroxylation is 1. The molecule has 1 heterocycles. The first-order chi connectivity index (χ1) is 10.3. The third-order valence-electron chi connectivity index (χ3n) is 3.67. The number of fused-ring (bicyclic) bond motifs is 1. The summed E-state index contributed by atoms with van der Waals surface area (Å²) in [6.45, 7) is 6.19. The van der Waals surface area contributed by atoms with E-state index in [2.05, 4.69) is 0 Å². The second kappa shape index (κ2) is 5.47. The van der Waals surface area contributed by atoms with E-state index < -0.39 is 0 Å². The van der Waals surface area contributed by atoms with E-state index in [1.165, 1.54) is 6.07 Å². The summed E-state index contributed by atoms with van der Waals surface area (Å²) in [5.41, 5.74) is 2.61. The zero-order valence-electron chi connectivity index (χ0n) is 12.9. The van der Waals surface area contributed by atoms with E-state index >= 15 is 0 Å². The van der Waals surface area contributed by atoms with Gasteiger partial charge in [0.15, 0.2) is 11.6 Å². The minimum Gasteiger partial charge on any atom is -0.487 e. The Morgan fingerprint density at radius 3 is 2.82 bits per heavy atom. The Bertz CT molecular complexity index is 725.